The smallest absolute Gasteiger partial charge is 0.106 e. The van der Waals surface area contributed by atoms with Crippen LogP contribution in [0.2, 0.25) is 0 Å². The van der Waals surface area contributed by atoms with Crippen molar-refractivity contribution in [3.8, 4) is 0 Å². The van der Waals surface area contributed by atoms with Gasteiger partial charge < -0.3 is 11.1 Å². The average Bonchev–Trinajstić information content (AvgIpc) is 2.87. The molecule has 1 fully saturated rings. The second kappa shape index (κ2) is 6.90. The molecule has 3 N–H and O–H groups in total. The van der Waals surface area contributed by atoms with E-state index in [4.69, 9.17) is 18.0 Å². The van der Waals surface area contributed by atoms with Crippen LogP contribution in [0.15, 0.2) is 18.2 Å². The van der Waals surface area contributed by atoms with Crippen molar-refractivity contribution in [2.75, 3.05) is 11.9 Å². The predicted octanol–water partition coefficient (Wildman–Crippen LogP) is 4.01. The highest BCUT2D eigenvalue weighted by molar-refractivity contribution is 7.80. The van der Waals surface area contributed by atoms with Crippen LogP contribution in [0.3, 0.4) is 0 Å². The Labute approximate surface area is 121 Å². The van der Waals surface area contributed by atoms with Crippen molar-refractivity contribution in [1.82, 2.24) is 0 Å². The summed E-state index contributed by atoms with van der Waals surface area (Å²) in [6.07, 6.45) is 8.31. The van der Waals surface area contributed by atoms with E-state index in [1.165, 1.54) is 44.1 Å². The molecule has 0 aliphatic heterocycles. The maximum Gasteiger partial charge on any atom is 0.106 e. The van der Waals surface area contributed by atoms with Gasteiger partial charge in [-0.25, -0.2) is 0 Å². The summed E-state index contributed by atoms with van der Waals surface area (Å²) < 4.78 is 0. The van der Waals surface area contributed by atoms with Crippen LogP contribution in [0, 0.1) is 12.8 Å². The van der Waals surface area contributed by atoms with E-state index in [9.17, 15) is 0 Å². The first-order valence-corrected chi connectivity index (χ1v) is 7.72. The van der Waals surface area contributed by atoms with Crippen LogP contribution in [0.4, 0.5) is 5.69 Å². The van der Waals surface area contributed by atoms with Gasteiger partial charge in [0.2, 0.25) is 0 Å². The maximum absolute atomic E-state index is 5.76. The summed E-state index contributed by atoms with van der Waals surface area (Å²) in [5.74, 6) is 0.967. The first-order chi connectivity index (χ1) is 9.16. The Morgan fingerprint density at radius 1 is 1.37 bits per heavy atom. The van der Waals surface area contributed by atoms with E-state index in [-0.39, 0.29) is 0 Å². The van der Waals surface area contributed by atoms with Crippen molar-refractivity contribution in [3.05, 3.63) is 29.3 Å². The molecule has 1 aromatic rings. The number of nitrogens with one attached hydrogen (secondary N) is 1. The lowest BCUT2D eigenvalue weighted by Crippen LogP contribution is -2.14. The standard InChI is InChI=1S/C16H24N2S/c1-12-8-9-14(16(17)19)15(11-12)18-10-4-7-13-5-2-3-6-13/h8-9,11,13,18H,2-7,10H2,1H3,(H2,17,19). The minimum Gasteiger partial charge on any atom is -0.389 e. The number of hydrogen-bond donors (Lipinski definition) is 2. The molecule has 2 nitrogen and oxygen atoms in total. The molecule has 1 aliphatic carbocycles. The van der Waals surface area contributed by atoms with E-state index >= 15 is 0 Å². The monoisotopic (exact) mass is 276 g/mol. The topological polar surface area (TPSA) is 38.0 Å². The van der Waals surface area contributed by atoms with Crippen LogP contribution in [-0.2, 0) is 0 Å². The first-order valence-electron chi connectivity index (χ1n) is 7.31. The van der Waals surface area contributed by atoms with Crippen molar-refractivity contribution in [3.63, 3.8) is 0 Å². The number of hydrogen-bond acceptors (Lipinski definition) is 2. The molecule has 3 heteroatoms. The van der Waals surface area contributed by atoms with Crippen molar-refractivity contribution >= 4 is 22.9 Å². The van der Waals surface area contributed by atoms with Gasteiger partial charge in [-0.15, -0.1) is 0 Å². The highest BCUT2D eigenvalue weighted by atomic mass is 32.1. The molecule has 0 aromatic heterocycles. The van der Waals surface area contributed by atoms with Gasteiger partial charge in [-0.2, -0.15) is 0 Å². The molecular formula is C16H24N2S. The van der Waals surface area contributed by atoms with E-state index in [1.807, 2.05) is 6.07 Å². The van der Waals surface area contributed by atoms with Crippen LogP contribution in [0.25, 0.3) is 0 Å². The zero-order valence-corrected chi connectivity index (χ0v) is 12.6. The summed E-state index contributed by atoms with van der Waals surface area (Å²) in [4.78, 5) is 0.471. The third-order valence-electron chi connectivity index (χ3n) is 4.02. The van der Waals surface area contributed by atoms with Gasteiger partial charge in [-0.05, 0) is 43.4 Å². The molecular weight excluding hydrogens is 252 g/mol. The van der Waals surface area contributed by atoms with Crippen LogP contribution in [-0.4, -0.2) is 11.5 Å². The highest BCUT2D eigenvalue weighted by Crippen LogP contribution is 2.28. The van der Waals surface area contributed by atoms with E-state index < -0.39 is 0 Å². The van der Waals surface area contributed by atoms with Gasteiger partial charge in [0.1, 0.15) is 4.99 Å². The number of benzene rings is 1. The number of anilines is 1. The lowest BCUT2D eigenvalue weighted by atomic mass is 10.0. The average molecular weight is 276 g/mol. The lowest BCUT2D eigenvalue weighted by molar-refractivity contribution is 0.491. The Morgan fingerprint density at radius 3 is 2.79 bits per heavy atom. The molecule has 0 bridgehead atoms. The maximum atomic E-state index is 5.76. The second-order valence-electron chi connectivity index (χ2n) is 5.63. The fourth-order valence-electron chi connectivity index (χ4n) is 2.93. The van der Waals surface area contributed by atoms with Gasteiger partial charge >= 0.3 is 0 Å². The van der Waals surface area contributed by atoms with Gasteiger partial charge in [0.15, 0.2) is 0 Å². The Bertz CT molecular complexity index is 436. The Kier molecular flexibility index (Phi) is 5.20. The number of thiocarbonyl (C=S) groups is 1. The molecule has 1 saturated carbocycles. The second-order valence-corrected chi connectivity index (χ2v) is 6.07. The van der Waals surface area contributed by atoms with Crippen LogP contribution < -0.4 is 11.1 Å². The summed E-state index contributed by atoms with van der Waals surface area (Å²) >= 11 is 5.10. The zero-order chi connectivity index (χ0) is 13.7. The van der Waals surface area contributed by atoms with Gasteiger partial charge in [0.25, 0.3) is 0 Å². The molecule has 0 unspecified atom stereocenters. The molecule has 0 spiro atoms. The van der Waals surface area contributed by atoms with Crippen molar-refractivity contribution in [2.24, 2.45) is 11.7 Å². The zero-order valence-electron chi connectivity index (χ0n) is 11.7. The minimum atomic E-state index is 0.471. The molecule has 0 atom stereocenters. The van der Waals surface area contributed by atoms with Crippen LogP contribution in [0.5, 0.6) is 0 Å². The predicted molar refractivity (Wildman–Crippen MR) is 86.7 cm³/mol. The minimum absolute atomic E-state index is 0.471. The van der Waals surface area contributed by atoms with E-state index in [0.717, 1.165) is 23.7 Å². The SMILES string of the molecule is Cc1ccc(C(N)=S)c(NCCCC2CCCC2)c1. The fourth-order valence-corrected chi connectivity index (χ4v) is 3.11. The molecule has 1 aromatic carbocycles. The summed E-state index contributed by atoms with van der Waals surface area (Å²) in [5, 5.41) is 3.49. The fraction of sp³-hybridized carbons (Fsp3) is 0.562. The van der Waals surface area contributed by atoms with E-state index in [1.54, 1.807) is 0 Å². The summed E-state index contributed by atoms with van der Waals surface area (Å²) in [7, 11) is 0. The molecule has 0 saturated heterocycles. The first kappa shape index (κ1) is 14.3. The van der Waals surface area contributed by atoms with Crippen molar-refractivity contribution < 1.29 is 0 Å². The third-order valence-corrected chi connectivity index (χ3v) is 4.24. The molecule has 19 heavy (non-hydrogen) atoms. The normalized spacial score (nSPS) is 15.6. The summed E-state index contributed by atoms with van der Waals surface area (Å²) in [6, 6.07) is 6.19. The van der Waals surface area contributed by atoms with E-state index in [0.29, 0.717) is 4.99 Å². The van der Waals surface area contributed by atoms with Gasteiger partial charge in [-0.1, -0.05) is 44.0 Å². The lowest BCUT2D eigenvalue weighted by Gasteiger charge is -2.13. The van der Waals surface area contributed by atoms with Gasteiger partial charge in [0.05, 0.1) is 0 Å². The molecule has 0 radical (unpaired) electrons. The summed E-state index contributed by atoms with van der Waals surface area (Å²) in [5.41, 5.74) is 9.04. The number of rotatable bonds is 6. The van der Waals surface area contributed by atoms with Crippen molar-refractivity contribution in [2.45, 2.75) is 45.4 Å². The van der Waals surface area contributed by atoms with E-state index in [2.05, 4.69) is 24.4 Å². The molecule has 2 rings (SSSR count). The quantitative estimate of drug-likeness (QED) is 0.609. The molecule has 104 valence electrons. The molecule has 0 heterocycles. The van der Waals surface area contributed by atoms with Gasteiger partial charge in [-0.3, -0.25) is 0 Å². The van der Waals surface area contributed by atoms with Crippen LogP contribution in [0.1, 0.15) is 49.7 Å². The number of nitrogens with two attached hydrogens (primary N) is 1. The summed E-state index contributed by atoms with van der Waals surface area (Å²) in [6.45, 7) is 3.10. The van der Waals surface area contributed by atoms with Gasteiger partial charge in [0, 0.05) is 17.8 Å². The molecule has 1 aliphatic rings. The molecule has 0 amide bonds. The highest BCUT2D eigenvalue weighted by Gasteiger charge is 2.14. The largest absolute Gasteiger partial charge is 0.389 e. The third kappa shape index (κ3) is 4.20. The van der Waals surface area contributed by atoms with Crippen LogP contribution >= 0.6 is 12.2 Å². The number of aryl methyl sites for hydroxylation is 1. The Morgan fingerprint density at radius 2 is 2.11 bits per heavy atom. The Balaban J connectivity index is 1.84. The van der Waals surface area contributed by atoms with Crippen molar-refractivity contribution in [1.29, 1.82) is 0 Å². The Hall–Kier alpha value is -1.09.